The van der Waals surface area contributed by atoms with Gasteiger partial charge >= 0.3 is 5.97 Å². The van der Waals surface area contributed by atoms with E-state index in [1.54, 1.807) is 18.2 Å². The largest absolute Gasteiger partial charge is 0.465 e. The zero-order valence-corrected chi connectivity index (χ0v) is 21.4. The molecule has 0 aliphatic heterocycles. The van der Waals surface area contributed by atoms with Crippen molar-refractivity contribution < 1.29 is 32.3 Å². The first kappa shape index (κ1) is 28.5. The average molecular weight is 505 g/mol. The summed E-state index contributed by atoms with van der Waals surface area (Å²) in [6, 6.07) is 7.77. The molecule has 1 aromatic carbocycles. The van der Waals surface area contributed by atoms with Crippen LogP contribution in [0.4, 0.5) is 0 Å². The molecule has 0 radical (unpaired) electrons. The molecule has 0 amide bonds. The van der Waals surface area contributed by atoms with Crippen molar-refractivity contribution in [2.75, 3.05) is 0 Å². The Bertz CT molecular complexity index is 1010. The average Bonchev–Trinajstić information content (AvgIpc) is 2.82. The SMILES string of the molecule is CC(=O)OC1(CCCCCCCCCCC(C)OC=O)C=CC=C(S(=O)(=O)c2ccccc2)C1=O. The maximum atomic E-state index is 13.4. The van der Waals surface area contributed by atoms with Gasteiger partial charge < -0.3 is 9.47 Å². The summed E-state index contributed by atoms with van der Waals surface area (Å²) in [5.74, 6) is -1.33. The zero-order chi connectivity index (χ0) is 25.7. The highest BCUT2D eigenvalue weighted by molar-refractivity contribution is 7.96. The first-order valence-electron chi connectivity index (χ1n) is 12.3. The number of Topliss-reactive ketones (excluding diaryl/α,β-unsaturated/α-hetero) is 1. The van der Waals surface area contributed by atoms with Crippen LogP contribution in [0.5, 0.6) is 0 Å². The van der Waals surface area contributed by atoms with Gasteiger partial charge in [0.25, 0.3) is 6.47 Å². The van der Waals surface area contributed by atoms with Crippen LogP contribution in [-0.2, 0) is 33.7 Å². The molecule has 0 N–H and O–H groups in total. The number of rotatable bonds is 16. The van der Waals surface area contributed by atoms with Crippen molar-refractivity contribution in [3.05, 3.63) is 53.5 Å². The highest BCUT2D eigenvalue weighted by Gasteiger charge is 2.45. The summed E-state index contributed by atoms with van der Waals surface area (Å²) in [5.41, 5.74) is -1.60. The van der Waals surface area contributed by atoms with Gasteiger partial charge in [-0.05, 0) is 56.9 Å². The molecular formula is C27H36O7S. The highest BCUT2D eigenvalue weighted by atomic mass is 32.2. The Labute approximate surface area is 208 Å². The van der Waals surface area contributed by atoms with Crippen molar-refractivity contribution in [1.82, 2.24) is 0 Å². The second-order valence-electron chi connectivity index (χ2n) is 8.93. The molecule has 0 aromatic heterocycles. The Morgan fingerprint density at radius 2 is 1.60 bits per heavy atom. The smallest absolute Gasteiger partial charge is 0.303 e. The Hall–Kier alpha value is -2.74. The van der Waals surface area contributed by atoms with E-state index in [0.717, 1.165) is 51.4 Å². The van der Waals surface area contributed by atoms with E-state index in [4.69, 9.17) is 9.47 Å². The molecule has 1 aliphatic carbocycles. The molecule has 0 saturated heterocycles. The summed E-state index contributed by atoms with van der Waals surface area (Å²) in [6.07, 6.45) is 13.2. The van der Waals surface area contributed by atoms with Crippen LogP contribution in [0.25, 0.3) is 0 Å². The summed E-state index contributed by atoms with van der Waals surface area (Å²) in [7, 11) is -4.03. The minimum absolute atomic E-state index is 0.0253. The second-order valence-corrected chi connectivity index (χ2v) is 10.8. The molecule has 2 atom stereocenters. The highest BCUT2D eigenvalue weighted by Crippen LogP contribution is 2.34. The Kier molecular flexibility index (Phi) is 11.4. The molecule has 35 heavy (non-hydrogen) atoms. The Balaban J connectivity index is 1.86. The van der Waals surface area contributed by atoms with Gasteiger partial charge in [0, 0.05) is 6.92 Å². The second kappa shape index (κ2) is 14.0. The summed E-state index contributed by atoms with van der Waals surface area (Å²) in [6.45, 7) is 3.60. The number of esters is 1. The van der Waals surface area contributed by atoms with Gasteiger partial charge in [0.1, 0.15) is 4.91 Å². The number of allylic oxidation sites excluding steroid dienone is 2. The van der Waals surface area contributed by atoms with E-state index < -0.39 is 27.2 Å². The van der Waals surface area contributed by atoms with Crippen molar-refractivity contribution in [3.63, 3.8) is 0 Å². The minimum Gasteiger partial charge on any atom is -0.465 e. The maximum absolute atomic E-state index is 13.4. The summed E-state index contributed by atoms with van der Waals surface area (Å²) in [4.78, 5) is 35.1. The molecule has 0 bridgehead atoms. The third kappa shape index (κ3) is 8.46. The molecule has 7 nitrogen and oxygen atoms in total. The molecule has 192 valence electrons. The van der Waals surface area contributed by atoms with E-state index in [1.807, 2.05) is 6.92 Å². The fourth-order valence-corrected chi connectivity index (χ4v) is 5.66. The molecule has 0 spiro atoms. The van der Waals surface area contributed by atoms with Crippen LogP contribution in [0.1, 0.15) is 78.1 Å². The number of sulfone groups is 1. The van der Waals surface area contributed by atoms with E-state index in [1.165, 1.54) is 37.3 Å². The van der Waals surface area contributed by atoms with E-state index >= 15 is 0 Å². The van der Waals surface area contributed by atoms with Gasteiger partial charge in [-0.25, -0.2) is 8.42 Å². The van der Waals surface area contributed by atoms with Crippen LogP contribution in [0.15, 0.2) is 58.4 Å². The quantitative estimate of drug-likeness (QED) is 0.172. The van der Waals surface area contributed by atoms with Crippen LogP contribution < -0.4 is 0 Å². The molecule has 1 aromatic rings. The van der Waals surface area contributed by atoms with Crippen molar-refractivity contribution in [2.24, 2.45) is 0 Å². The lowest BCUT2D eigenvalue weighted by Gasteiger charge is -2.31. The van der Waals surface area contributed by atoms with Crippen LogP contribution >= 0.6 is 0 Å². The number of hydrogen-bond acceptors (Lipinski definition) is 7. The number of unbranched alkanes of at least 4 members (excludes halogenated alkanes) is 7. The molecule has 0 heterocycles. The van der Waals surface area contributed by atoms with E-state index in [0.29, 0.717) is 12.9 Å². The van der Waals surface area contributed by atoms with E-state index in [2.05, 4.69) is 0 Å². The zero-order valence-electron chi connectivity index (χ0n) is 20.6. The van der Waals surface area contributed by atoms with Crippen molar-refractivity contribution in [1.29, 1.82) is 0 Å². The van der Waals surface area contributed by atoms with Gasteiger partial charge in [-0.2, -0.15) is 0 Å². The summed E-state index contributed by atoms with van der Waals surface area (Å²) >= 11 is 0. The number of carbonyl (C=O) groups is 3. The predicted molar refractivity (Wildman–Crippen MR) is 133 cm³/mol. The number of benzene rings is 1. The molecule has 1 aliphatic rings. The summed E-state index contributed by atoms with van der Waals surface area (Å²) < 4.78 is 36.5. The van der Waals surface area contributed by atoms with Crippen LogP contribution in [0, 0.1) is 0 Å². The first-order chi connectivity index (χ1) is 16.7. The number of hydrogen-bond donors (Lipinski definition) is 0. The lowest BCUT2D eigenvalue weighted by molar-refractivity contribution is -0.159. The van der Waals surface area contributed by atoms with Crippen molar-refractivity contribution in [2.45, 2.75) is 94.7 Å². The van der Waals surface area contributed by atoms with Crippen LogP contribution in [0.2, 0.25) is 0 Å². The van der Waals surface area contributed by atoms with Gasteiger partial charge in [0.15, 0.2) is 5.60 Å². The maximum Gasteiger partial charge on any atom is 0.303 e. The predicted octanol–water partition coefficient (Wildman–Crippen LogP) is 5.25. The standard InChI is InChI=1S/C27H36O7S/c1-22(33-21-28)15-10-7-5-3-4-6-8-13-19-27(34-23(2)29)20-14-18-25(26(27)30)35(31,32)24-16-11-9-12-17-24/h9,11-12,14,16-18,20-22H,3-8,10,13,15,19H2,1-2H3. The molecule has 8 heteroatoms. The fourth-order valence-electron chi connectivity index (χ4n) is 4.22. The lowest BCUT2D eigenvalue weighted by atomic mass is 9.87. The molecular weight excluding hydrogens is 468 g/mol. The van der Waals surface area contributed by atoms with Gasteiger partial charge in [0.2, 0.25) is 15.6 Å². The Morgan fingerprint density at radius 1 is 1.00 bits per heavy atom. The van der Waals surface area contributed by atoms with Crippen molar-refractivity contribution in [3.8, 4) is 0 Å². The van der Waals surface area contributed by atoms with Gasteiger partial charge in [0.05, 0.1) is 11.0 Å². The number of ether oxygens (including phenoxy) is 2. The fraction of sp³-hybridized carbons (Fsp3) is 0.519. The van der Waals surface area contributed by atoms with Gasteiger partial charge in [-0.1, -0.05) is 62.8 Å². The van der Waals surface area contributed by atoms with Gasteiger partial charge in [-0.3, -0.25) is 14.4 Å². The number of carbonyl (C=O) groups excluding carboxylic acids is 3. The third-order valence-electron chi connectivity index (χ3n) is 6.09. The lowest BCUT2D eigenvalue weighted by Crippen LogP contribution is -2.44. The van der Waals surface area contributed by atoms with E-state index in [-0.39, 0.29) is 22.3 Å². The third-order valence-corrected chi connectivity index (χ3v) is 7.88. The van der Waals surface area contributed by atoms with Gasteiger partial charge in [-0.15, -0.1) is 0 Å². The normalized spacial score (nSPS) is 18.6. The topological polar surface area (TPSA) is 104 Å². The number of ketones is 1. The molecule has 2 rings (SSSR count). The first-order valence-corrected chi connectivity index (χ1v) is 13.7. The minimum atomic E-state index is -4.03. The van der Waals surface area contributed by atoms with Crippen LogP contribution in [-0.4, -0.2) is 38.3 Å². The van der Waals surface area contributed by atoms with Crippen molar-refractivity contribution >= 4 is 28.1 Å². The summed E-state index contributed by atoms with van der Waals surface area (Å²) in [5, 5.41) is 0. The molecule has 0 saturated carbocycles. The molecule has 2 unspecified atom stereocenters. The molecule has 0 fully saturated rings. The monoisotopic (exact) mass is 504 g/mol. The Morgan fingerprint density at radius 3 is 2.20 bits per heavy atom. The van der Waals surface area contributed by atoms with E-state index in [9.17, 15) is 22.8 Å². The van der Waals surface area contributed by atoms with Crippen LogP contribution in [0.3, 0.4) is 0 Å².